The second kappa shape index (κ2) is 12.4. The van der Waals surface area contributed by atoms with E-state index in [-0.39, 0.29) is 6.61 Å². The van der Waals surface area contributed by atoms with Crippen molar-refractivity contribution in [2.75, 3.05) is 6.61 Å². The maximum absolute atomic E-state index is 13.4. The number of ether oxygens (including phenoxy) is 1. The number of H-pyrrole nitrogens is 1. The minimum Gasteiger partial charge on any atom is -0.461 e. The van der Waals surface area contributed by atoms with Gasteiger partial charge in [0, 0.05) is 17.5 Å². The zero-order valence-corrected chi connectivity index (χ0v) is 23.7. The molecule has 40 heavy (non-hydrogen) atoms. The lowest BCUT2D eigenvalue weighted by Crippen LogP contribution is -2.15. The number of aromatic amines is 1. The van der Waals surface area contributed by atoms with Crippen LogP contribution in [0.15, 0.2) is 66.7 Å². The van der Waals surface area contributed by atoms with Crippen LogP contribution in [0.25, 0.3) is 28.2 Å². The fourth-order valence-electron chi connectivity index (χ4n) is 4.71. The molecule has 5 rings (SSSR count). The highest BCUT2D eigenvalue weighted by molar-refractivity contribution is 6.37. The highest BCUT2D eigenvalue weighted by Crippen LogP contribution is 2.34. The van der Waals surface area contributed by atoms with E-state index >= 15 is 0 Å². The highest BCUT2D eigenvalue weighted by atomic mass is 35.5. The van der Waals surface area contributed by atoms with Crippen LogP contribution in [0.2, 0.25) is 10.0 Å². The summed E-state index contributed by atoms with van der Waals surface area (Å²) in [6.45, 7) is 4.14. The van der Waals surface area contributed by atoms with Gasteiger partial charge in [0.05, 0.1) is 22.3 Å². The molecule has 8 nitrogen and oxygen atoms in total. The van der Waals surface area contributed by atoms with Gasteiger partial charge in [-0.3, -0.25) is 0 Å². The van der Waals surface area contributed by atoms with Gasteiger partial charge in [0.2, 0.25) is 0 Å². The van der Waals surface area contributed by atoms with Gasteiger partial charge in [-0.05, 0) is 59.0 Å². The maximum atomic E-state index is 13.4. The van der Waals surface area contributed by atoms with Crippen LogP contribution in [0.4, 0.5) is 0 Å². The Morgan fingerprint density at radius 1 is 0.950 bits per heavy atom. The molecule has 0 amide bonds. The van der Waals surface area contributed by atoms with E-state index < -0.39 is 5.97 Å². The van der Waals surface area contributed by atoms with Crippen LogP contribution in [-0.4, -0.2) is 43.0 Å². The van der Waals surface area contributed by atoms with Gasteiger partial charge in [-0.1, -0.05) is 91.1 Å². The first-order valence-electron chi connectivity index (χ1n) is 13.2. The lowest BCUT2D eigenvalue weighted by atomic mass is 9.95. The zero-order valence-electron chi connectivity index (χ0n) is 22.2. The molecule has 3 aromatic carbocycles. The second-order valence-electron chi connectivity index (χ2n) is 9.25. The van der Waals surface area contributed by atoms with Crippen LogP contribution < -0.4 is 0 Å². The quantitative estimate of drug-likeness (QED) is 0.178. The Labute approximate surface area is 242 Å². The van der Waals surface area contributed by atoms with Crippen LogP contribution in [-0.2, 0) is 17.6 Å². The van der Waals surface area contributed by atoms with Crippen molar-refractivity contribution in [2.24, 2.45) is 0 Å². The molecule has 5 aromatic rings. The van der Waals surface area contributed by atoms with E-state index in [1.54, 1.807) is 29.8 Å². The number of carbonyl (C=O) groups is 1. The van der Waals surface area contributed by atoms with Crippen LogP contribution in [0.5, 0.6) is 0 Å². The van der Waals surface area contributed by atoms with E-state index in [9.17, 15) is 4.79 Å². The van der Waals surface area contributed by atoms with Crippen molar-refractivity contribution in [3.8, 4) is 28.2 Å². The molecule has 0 aliphatic heterocycles. The fraction of sp³-hybridized carbons (Fsp3) is 0.233. The van der Waals surface area contributed by atoms with Crippen molar-refractivity contribution in [3.63, 3.8) is 0 Å². The third kappa shape index (κ3) is 5.64. The van der Waals surface area contributed by atoms with E-state index in [2.05, 4.69) is 51.8 Å². The summed E-state index contributed by atoms with van der Waals surface area (Å²) in [5.41, 5.74) is 6.40. The Morgan fingerprint density at radius 3 is 2.33 bits per heavy atom. The molecule has 0 spiro atoms. The first kappa shape index (κ1) is 27.6. The van der Waals surface area contributed by atoms with Crippen LogP contribution in [0.3, 0.4) is 0 Å². The maximum Gasteiger partial charge on any atom is 0.357 e. The number of carbonyl (C=O) groups excluding carboxylic acids is 1. The van der Waals surface area contributed by atoms with Gasteiger partial charge < -0.3 is 4.74 Å². The molecular formula is C30H28Cl2N6O2. The summed E-state index contributed by atoms with van der Waals surface area (Å²) in [5.74, 6) is 0.139. The smallest absolute Gasteiger partial charge is 0.357 e. The molecular weight excluding hydrogens is 547 g/mol. The average molecular weight is 576 g/mol. The molecule has 0 unspecified atom stereocenters. The van der Waals surface area contributed by atoms with E-state index in [4.69, 9.17) is 33.0 Å². The number of aromatic nitrogens is 6. The molecule has 2 heterocycles. The summed E-state index contributed by atoms with van der Waals surface area (Å²) < 4.78 is 7.04. The summed E-state index contributed by atoms with van der Waals surface area (Å²) >= 11 is 13.1. The molecule has 204 valence electrons. The Balaban J connectivity index is 1.57. The first-order valence-corrected chi connectivity index (χ1v) is 13.9. The normalized spacial score (nSPS) is 11.1. The van der Waals surface area contributed by atoms with Gasteiger partial charge >= 0.3 is 5.97 Å². The lowest BCUT2D eigenvalue weighted by molar-refractivity contribution is 0.0514. The predicted octanol–water partition coefficient (Wildman–Crippen LogP) is 7.14. The van der Waals surface area contributed by atoms with E-state index in [0.29, 0.717) is 40.1 Å². The zero-order chi connectivity index (χ0) is 28.1. The van der Waals surface area contributed by atoms with Crippen molar-refractivity contribution in [3.05, 3.63) is 99.3 Å². The molecule has 0 fully saturated rings. The van der Waals surface area contributed by atoms with E-state index in [1.165, 1.54) is 0 Å². The van der Waals surface area contributed by atoms with Crippen molar-refractivity contribution in [1.29, 1.82) is 0 Å². The molecule has 0 aliphatic rings. The number of nitrogens with one attached hydrogen (secondary N) is 1. The van der Waals surface area contributed by atoms with Crippen molar-refractivity contribution in [2.45, 2.75) is 39.5 Å². The number of hydrogen-bond acceptors (Lipinski definition) is 6. The largest absolute Gasteiger partial charge is 0.461 e. The van der Waals surface area contributed by atoms with Gasteiger partial charge in [-0.2, -0.15) is 5.10 Å². The minimum atomic E-state index is -0.463. The van der Waals surface area contributed by atoms with Gasteiger partial charge in [0.1, 0.15) is 5.69 Å². The second-order valence-corrected chi connectivity index (χ2v) is 10.1. The number of esters is 1. The predicted molar refractivity (Wildman–Crippen MR) is 156 cm³/mol. The SMILES string of the molecule is CCCCc1nn(-c2c(Cl)cccc2Cl)c(C(=O)OCC)c1Cc1ccc(-c2ccccc2-c2nnn[nH]2)cc1. The number of benzene rings is 3. The number of hydrogen-bond donors (Lipinski definition) is 1. The van der Waals surface area contributed by atoms with Crippen LogP contribution >= 0.6 is 23.2 Å². The molecule has 0 atom stereocenters. The van der Waals surface area contributed by atoms with Gasteiger partial charge in [-0.25, -0.2) is 14.6 Å². The summed E-state index contributed by atoms with van der Waals surface area (Å²) in [4.78, 5) is 13.4. The number of aryl methyl sites for hydroxylation is 1. The van der Waals surface area contributed by atoms with E-state index in [0.717, 1.165) is 46.4 Å². The molecule has 0 saturated carbocycles. The fourth-order valence-corrected chi connectivity index (χ4v) is 5.27. The molecule has 1 N–H and O–H groups in total. The number of para-hydroxylation sites is 1. The molecule has 10 heteroatoms. The Hall–Kier alpha value is -4.01. The van der Waals surface area contributed by atoms with Gasteiger partial charge in [0.25, 0.3) is 0 Å². The molecule has 0 radical (unpaired) electrons. The lowest BCUT2D eigenvalue weighted by Gasteiger charge is -2.12. The van der Waals surface area contributed by atoms with Crippen molar-refractivity contribution < 1.29 is 9.53 Å². The van der Waals surface area contributed by atoms with Crippen molar-refractivity contribution in [1.82, 2.24) is 30.4 Å². The Bertz CT molecular complexity index is 1590. The van der Waals surface area contributed by atoms with Crippen molar-refractivity contribution >= 4 is 29.2 Å². The highest BCUT2D eigenvalue weighted by Gasteiger charge is 2.27. The molecule has 2 aromatic heterocycles. The van der Waals surface area contributed by atoms with Crippen LogP contribution in [0.1, 0.15) is 54.0 Å². The summed E-state index contributed by atoms with van der Waals surface area (Å²) in [6, 6.07) is 21.4. The van der Waals surface area contributed by atoms with E-state index in [1.807, 2.05) is 24.3 Å². The number of nitrogens with zero attached hydrogens (tertiary/aromatic N) is 5. The summed E-state index contributed by atoms with van der Waals surface area (Å²) in [7, 11) is 0. The number of halogens is 2. The third-order valence-corrected chi connectivity index (χ3v) is 7.24. The topological polar surface area (TPSA) is 98.6 Å². The molecule has 0 saturated heterocycles. The Kier molecular flexibility index (Phi) is 8.57. The third-order valence-electron chi connectivity index (χ3n) is 6.63. The van der Waals surface area contributed by atoms with Gasteiger partial charge in [-0.15, -0.1) is 5.10 Å². The monoisotopic (exact) mass is 574 g/mol. The minimum absolute atomic E-state index is 0.235. The summed E-state index contributed by atoms with van der Waals surface area (Å²) in [6.07, 6.45) is 3.12. The van der Waals surface area contributed by atoms with Crippen LogP contribution in [0, 0.1) is 0 Å². The summed E-state index contributed by atoms with van der Waals surface area (Å²) in [5, 5.41) is 20.0. The number of rotatable bonds is 10. The first-order chi connectivity index (χ1) is 19.5. The molecule has 0 aliphatic carbocycles. The number of unbranched alkanes of at least 4 members (excludes halogenated alkanes) is 1. The standard InChI is InChI=1S/C30H28Cl2N6O2/c1-3-5-13-26-23(27(30(39)40-4-2)38(35-26)28-24(31)11-8-12-25(28)32)18-19-14-16-20(17-15-19)21-9-6-7-10-22(21)29-33-36-37-34-29/h6-12,14-17H,3-5,13,18H2,1-2H3,(H,33,34,36,37). The average Bonchev–Trinajstić information content (AvgIpc) is 3.61. The van der Waals surface area contributed by atoms with Gasteiger partial charge in [0.15, 0.2) is 11.5 Å². The Morgan fingerprint density at radius 2 is 1.68 bits per heavy atom. The molecule has 0 bridgehead atoms. The number of tetrazole rings is 1.